The summed E-state index contributed by atoms with van der Waals surface area (Å²) in [6, 6.07) is 2.09. The number of hydrogen-bond donors (Lipinski definition) is 1. The molecule has 0 aromatic carbocycles. The molecule has 2 N–H and O–H groups in total. The largest absolute Gasteiger partial charge is 0.472 e. The van der Waals surface area contributed by atoms with Crippen LogP contribution in [0.2, 0.25) is 0 Å². The zero-order valence-corrected chi connectivity index (χ0v) is 6.92. The molecule has 1 heterocycles. The van der Waals surface area contributed by atoms with E-state index in [1.54, 1.807) is 12.5 Å². The van der Waals surface area contributed by atoms with Crippen LogP contribution in [0.4, 0.5) is 0 Å². The van der Waals surface area contributed by atoms with Gasteiger partial charge in [-0.25, -0.2) is 0 Å². The highest BCUT2D eigenvalue weighted by atomic mass is 16.3. The summed E-state index contributed by atoms with van der Waals surface area (Å²) in [5.74, 6) is 0. The van der Waals surface area contributed by atoms with Gasteiger partial charge in [0.2, 0.25) is 0 Å². The van der Waals surface area contributed by atoms with Gasteiger partial charge in [0.05, 0.1) is 12.5 Å². The lowest BCUT2D eigenvalue weighted by Crippen LogP contribution is -2.08. The fourth-order valence-electron chi connectivity index (χ4n) is 1.08. The van der Waals surface area contributed by atoms with Crippen molar-refractivity contribution >= 4 is 0 Å². The van der Waals surface area contributed by atoms with Crippen LogP contribution < -0.4 is 5.73 Å². The highest BCUT2D eigenvalue weighted by molar-refractivity contribution is 5.10. The number of unbranched alkanes of at least 4 members (excludes halogenated alkanes) is 1. The molecule has 2 nitrogen and oxygen atoms in total. The molecular weight excluding hydrogens is 138 g/mol. The minimum atomic E-state index is 0.161. The first-order valence-corrected chi connectivity index (χ1v) is 4.12. The topological polar surface area (TPSA) is 39.2 Å². The predicted molar refractivity (Wildman–Crippen MR) is 45.2 cm³/mol. The summed E-state index contributed by atoms with van der Waals surface area (Å²) in [5.41, 5.74) is 6.98. The lowest BCUT2D eigenvalue weighted by atomic mass is 10.1. The van der Waals surface area contributed by atoms with Crippen LogP contribution >= 0.6 is 0 Å². The molecule has 0 unspecified atom stereocenters. The minimum Gasteiger partial charge on any atom is -0.472 e. The molecule has 1 atom stereocenters. The Morgan fingerprint density at radius 3 is 3.00 bits per heavy atom. The number of nitrogens with two attached hydrogens (primary N) is 1. The van der Waals surface area contributed by atoms with Crippen molar-refractivity contribution in [2.45, 2.75) is 32.2 Å². The first-order chi connectivity index (χ1) is 5.34. The van der Waals surface area contributed by atoms with Crippen LogP contribution in [0.25, 0.3) is 0 Å². The third-order valence-corrected chi connectivity index (χ3v) is 1.84. The molecule has 0 bridgehead atoms. The van der Waals surface area contributed by atoms with Gasteiger partial charge in [-0.2, -0.15) is 0 Å². The lowest BCUT2D eigenvalue weighted by molar-refractivity contribution is 0.549. The summed E-state index contributed by atoms with van der Waals surface area (Å²) in [6.45, 7) is 2.17. The van der Waals surface area contributed by atoms with Gasteiger partial charge in [-0.3, -0.25) is 0 Å². The van der Waals surface area contributed by atoms with E-state index in [4.69, 9.17) is 10.2 Å². The fraction of sp³-hybridized carbons (Fsp3) is 0.556. The van der Waals surface area contributed by atoms with Crippen LogP contribution in [-0.4, -0.2) is 0 Å². The molecule has 1 aromatic heterocycles. The van der Waals surface area contributed by atoms with E-state index in [-0.39, 0.29) is 6.04 Å². The van der Waals surface area contributed by atoms with Crippen molar-refractivity contribution in [3.8, 4) is 0 Å². The molecular formula is C9H15NO. The van der Waals surface area contributed by atoms with Crippen LogP contribution in [0.15, 0.2) is 23.0 Å². The van der Waals surface area contributed by atoms with Gasteiger partial charge in [-0.1, -0.05) is 19.8 Å². The Morgan fingerprint density at radius 2 is 2.45 bits per heavy atom. The maximum absolute atomic E-state index is 5.87. The molecule has 11 heavy (non-hydrogen) atoms. The van der Waals surface area contributed by atoms with Gasteiger partial charge >= 0.3 is 0 Å². The number of furan rings is 1. The lowest BCUT2D eigenvalue weighted by Gasteiger charge is -2.06. The molecule has 2 heteroatoms. The average molecular weight is 153 g/mol. The molecule has 0 radical (unpaired) electrons. The van der Waals surface area contributed by atoms with Crippen molar-refractivity contribution in [3.05, 3.63) is 24.2 Å². The average Bonchev–Trinajstić information content (AvgIpc) is 2.52. The smallest absolute Gasteiger partial charge is 0.0950 e. The van der Waals surface area contributed by atoms with Crippen LogP contribution in [0, 0.1) is 0 Å². The summed E-state index contributed by atoms with van der Waals surface area (Å²) in [6.07, 6.45) is 6.83. The van der Waals surface area contributed by atoms with Crippen molar-refractivity contribution in [3.63, 3.8) is 0 Å². The zero-order valence-electron chi connectivity index (χ0n) is 6.92. The molecule has 0 aliphatic rings. The summed E-state index contributed by atoms with van der Waals surface area (Å²) in [7, 11) is 0. The van der Waals surface area contributed by atoms with Gasteiger partial charge in [0.15, 0.2) is 0 Å². The maximum atomic E-state index is 5.87. The van der Waals surface area contributed by atoms with Crippen molar-refractivity contribution in [2.75, 3.05) is 0 Å². The molecule has 0 amide bonds. The van der Waals surface area contributed by atoms with Crippen LogP contribution in [-0.2, 0) is 0 Å². The Balaban J connectivity index is 2.36. The summed E-state index contributed by atoms with van der Waals surface area (Å²) in [4.78, 5) is 0. The quantitative estimate of drug-likeness (QED) is 0.721. The highest BCUT2D eigenvalue weighted by Crippen LogP contribution is 2.16. The van der Waals surface area contributed by atoms with Crippen molar-refractivity contribution in [1.29, 1.82) is 0 Å². The minimum absolute atomic E-state index is 0.161. The highest BCUT2D eigenvalue weighted by Gasteiger charge is 2.04. The first-order valence-electron chi connectivity index (χ1n) is 4.12. The third-order valence-electron chi connectivity index (χ3n) is 1.84. The SMILES string of the molecule is CCCC[C@@H](N)c1ccoc1. The fourth-order valence-corrected chi connectivity index (χ4v) is 1.08. The van der Waals surface area contributed by atoms with E-state index in [9.17, 15) is 0 Å². The standard InChI is InChI=1S/C9H15NO/c1-2-3-4-9(10)8-5-6-11-7-8/h5-7,9H,2-4,10H2,1H3/t9-/m1/s1. The molecule has 0 saturated carbocycles. The number of hydrogen-bond acceptors (Lipinski definition) is 2. The van der Waals surface area contributed by atoms with Crippen molar-refractivity contribution < 1.29 is 4.42 Å². The van der Waals surface area contributed by atoms with E-state index in [2.05, 4.69) is 6.92 Å². The van der Waals surface area contributed by atoms with E-state index in [0.29, 0.717) is 0 Å². The number of rotatable bonds is 4. The molecule has 1 rings (SSSR count). The molecule has 0 fully saturated rings. The van der Waals surface area contributed by atoms with Gasteiger partial charge in [-0.05, 0) is 12.5 Å². The van der Waals surface area contributed by atoms with Gasteiger partial charge < -0.3 is 10.2 Å². The second-order valence-corrected chi connectivity index (χ2v) is 2.81. The zero-order chi connectivity index (χ0) is 8.10. The normalized spacial score (nSPS) is 13.3. The van der Waals surface area contributed by atoms with Gasteiger partial charge in [0, 0.05) is 11.6 Å². The maximum Gasteiger partial charge on any atom is 0.0950 e. The molecule has 62 valence electrons. The molecule has 0 aliphatic heterocycles. The van der Waals surface area contributed by atoms with Crippen LogP contribution in [0.1, 0.15) is 37.8 Å². The molecule has 0 aliphatic carbocycles. The van der Waals surface area contributed by atoms with E-state index < -0.39 is 0 Å². The van der Waals surface area contributed by atoms with Crippen LogP contribution in [0.5, 0.6) is 0 Å². The van der Waals surface area contributed by atoms with Crippen LogP contribution in [0.3, 0.4) is 0 Å². The van der Waals surface area contributed by atoms with E-state index >= 15 is 0 Å². The Bertz CT molecular complexity index is 181. The van der Waals surface area contributed by atoms with Crippen molar-refractivity contribution in [1.82, 2.24) is 0 Å². The Labute approximate surface area is 67.4 Å². The Kier molecular flexibility index (Phi) is 3.17. The molecule has 0 spiro atoms. The van der Waals surface area contributed by atoms with E-state index in [1.165, 1.54) is 12.8 Å². The molecule has 0 saturated heterocycles. The monoisotopic (exact) mass is 153 g/mol. The second-order valence-electron chi connectivity index (χ2n) is 2.81. The summed E-state index contributed by atoms with van der Waals surface area (Å²) in [5, 5.41) is 0. The van der Waals surface area contributed by atoms with Gasteiger partial charge in [0.25, 0.3) is 0 Å². The van der Waals surface area contributed by atoms with E-state index in [1.807, 2.05) is 6.07 Å². The summed E-state index contributed by atoms with van der Waals surface area (Å²) < 4.78 is 4.94. The van der Waals surface area contributed by atoms with Gasteiger partial charge in [0.1, 0.15) is 0 Å². The Hall–Kier alpha value is -0.760. The van der Waals surface area contributed by atoms with E-state index in [0.717, 1.165) is 12.0 Å². The first kappa shape index (κ1) is 8.34. The van der Waals surface area contributed by atoms with Crippen molar-refractivity contribution in [2.24, 2.45) is 5.73 Å². The van der Waals surface area contributed by atoms with Gasteiger partial charge in [-0.15, -0.1) is 0 Å². The second kappa shape index (κ2) is 4.19. The molecule has 1 aromatic rings. The Morgan fingerprint density at radius 1 is 1.64 bits per heavy atom. The third kappa shape index (κ3) is 2.39. The predicted octanol–water partition coefficient (Wildman–Crippen LogP) is 2.47. The summed E-state index contributed by atoms with van der Waals surface area (Å²) >= 11 is 0.